The van der Waals surface area contributed by atoms with Crippen molar-refractivity contribution in [2.75, 3.05) is 0 Å². The maximum absolute atomic E-state index is 8.95. The van der Waals surface area contributed by atoms with Crippen molar-refractivity contribution >= 4 is 0 Å². The number of ether oxygens (including phenoxy) is 1. The second-order valence-corrected chi connectivity index (χ2v) is 5.44. The molecule has 3 rings (SSSR count). The maximum Gasteiger partial charge on any atom is 0.119 e. The molecule has 0 unspecified atom stereocenters. The fraction of sp³-hybridized carbons (Fsp3) is 0.0952. The van der Waals surface area contributed by atoms with E-state index >= 15 is 0 Å². The van der Waals surface area contributed by atoms with E-state index in [1.54, 1.807) is 0 Å². The molecule has 0 bridgehead atoms. The van der Waals surface area contributed by atoms with Gasteiger partial charge in [0.15, 0.2) is 0 Å². The molecule has 0 spiro atoms. The van der Waals surface area contributed by atoms with Crippen molar-refractivity contribution in [3.8, 4) is 22.9 Å². The fourth-order valence-electron chi connectivity index (χ4n) is 2.52. The summed E-state index contributed by atoms with van der Waals surface area (Å²) in [6, 6.07) is 26.1. The van der Waals surface area contributed by atoms with E-state index < -0.39 is 0 Å². The minimum Gasteiger partial charge on any atom is -0.489 e. The fourth-order valence-corrected chi connectivity index (χ4v) is 2.52. The van der Waals surface area contributed by atoms with E-state index in [9.17, 15) is 0 Å². The monoisotopic (exact) mass is 299 g/mol. The van der Waals surface area contributed by atoms with Crippen molar-refractivity contribution in [1.82, 2.24) is 0 Å². The highest BCUT2D eigenvalue weighted by molar-refractivity contribution is 5.68. The van der Waals surface area contributed by atoms with E-state index in [4.69, 9.17) is 10.00 Å². The van der Waals surface area contributed by atoms with Gasteiger partial charge in [0.2, 0.25) is 0 Å². The molecule has 0 aromatic heterocycles. The lowest BCUT2D eigenvalue weighted by Crippen LogP contribution is -1.95. The Hall–Kier alpha value is -3.05. The minimum atomic E-state index is 0.552. The number of nitriles is 1. The first kappa shape index (κ1) is 14.9. The molecular weight excluding hydrogens is 282 g/mol. The first-order chi connectivity index (χ1) is 11.3. The Kier molecular flexibility index (Phi) is 4.40. The third kappa shape index (κ3) is 3.59. The second-order valence-electron chi connectivity index (χ2n) is 5.44. The Bertz CT molecular complexity index is 830. The van der Waals surface area contributed by atoms with Crippen LogP contribution in [0, 0.1) is 18.3 Å². The molecule has 0 fully saturated rings. The first-order valence-corrected chi connectivity index (χ1v) is 7.54. The zero-order chi connectivity index (χ0) is 16.1. The number of benzene rings is 3. The number of para-hydroxylation sites is 1. The lowest BCUT2D eigenvalue weighted by Gasteiger charge is -2.09. The highest BCUT2D eigenvalue weighted by Gasteiger charge is 2.04. The molecule has 0 amide bonds. The summed E-state index contributed by atoms with van der Waals surface area (Å²) in [4.78, 5) is 0. The molecule has 0 aliphatic rings. The predicted molar refractivity (Wildman–Crippen MR) is 92.1 cm³/mol. The number of aryl methyl sites for hydroxylation is 1. The standard InChI is InChI=1S/C21H17NO/c1-16-13-18(14-22)9-12-21(16)19-10-7-17(8-11-19)15-23-20-5-3-2-4-6-20/h2-13H,15H2,1H3. The van der Waals surface area contributed by atoms with Crippen LogP contribution in [0.1, 0.15) is 16.7 Å². The van der Waals surface area contributed by atoms with Crippen LogP contribution in [0.4, 0.5) is 0 Å². The van der Waals surface area contributed by atoms with Gasteiger partial charge in [0.1, 0.15) is 12.4 Å². The average Bonchev–Trinajstić information content (AvgIpc) is 2.61. The lowest BCUT2D eigenvalue weighted by molar-refractivity contribution is 0.306. The Morgan fingerprint density at radius 3 is 2.30 bits per heavy atom. The number of nitrogens with zero attached hydrogens (tertiary/aromatic N) is 1. The third-order valence-electron chi connectivity index (χ3n) is 3.77. The maximum atomic E-state index is 8.95. The molecule has 0 atom stereocenters. The molecule has 0 aliphatic carbocycles. The van der Waals surface area contributed by atoms with Crippen LogP contribution in [-0.4, -0.2) is 0 Å². The van der Waals surface area contributed by atoms with Crippen LogP contribution in [0.15, 0.2) is 72.8 Å². The molecule has 0 aliphatic heterocycles. The molecule has 2 nitrogen and oxygen atoms in total. The summed E-state index contributed by atoms with van der Waals surface area (Å²) in [7, 11) is 0. The zero-order valence-corrected chi connectivity index (χ0v) is 13.0. The van der Waals surface area contributed by atoms with Crippen LogP contribution >= 0.6 is 0 Å². The number of hydrogen-bond acceptors (Lipinski definition) is 2. The number of hydrogen-bond donors (Lipinski definition) is 0. The smallest absolute Gasteiger partial charge is 0.119 e. The molecule has 3 aromatic rings. The van der Waals surface area contributed by atoms with Crippen molar-refractivity contribution in [2.45, 2.75) is 13.5 Å². The van der Waals surface area contributed by atoms with E-state index in [1.165, 1.54) is 0 Å². The topological polar surface area (TPSA) is 33.0 Å². The van der Waals surface area contributed by atoms with Crippen LogP contribution in [-0.2, 0) is 6.61 Å². The van der Waals surface area contributed by atoms with Gasteiger partial charge in [-0.05, 0) is 53.4 Å². The second kappa shape index (κ2) is 6.81. The molecule has 3 aromatic carbocycles. The van der Waals surface area contributed by atoms with Gasteiger partial charge in [0, 0.05) is 0 Å². The van der Waals surface area contributed by atoms with Crippen molar-refractivity contribution in [1.29, 1.82) is 5.26 Å². The SMILES string of the molecule is Cc1cc(C#N)ccc1-c1ccc(COc2ccccc2)cc1. The summed E-state index contributed by atoms with van der Waals surface area (Å²) in [5.74, 6) is 0.875. The summed E-state index contributed by atoms with van der Waals surface area (Å²) in [5, 5.41) is 8.95. The predicted octanol–water partition coefficient (Wildman–Crippen LogP) is 5.11. The summed E-state index contributed by atoms with van der Waals surface area (Å²) in [6.07, 6.45) is 0. The van der Waals surface area contributed by atoms with Gasteiger partial charge in [0.25, 0.3) is 0 Å². The quantitative estimate of drug-likeness (QED) is 0.670. The van der Waals surface area contributed by atoms with Crippen LogP contribution in [0.3, 0.4) is 0 Å². The van der Waals surface area contributed by atoms with Gasteiger partial charge in [-0.2, -0.15) is 5.26 Å². The molecule has 0 radical (unpaired) electrons. The van der Waals surface area contributed by atoms with Gasteiger partial charge in [-0.1, -0.05) is 48.5 Å². The van der Waals surface area contributed by atoms with Gasteiger partial charge in [-0.3, -0.25) is 0 Å². The van der Waals surface area contributed by atoms with Crippen molar-refractivity contribution in [2.24, 2.45) is 0 Å². The largest absolute Gasteiger partial charge is 0.489 e. The van der Waals surface area contributed by atoms with E-state index in [-0.39, 0.29) is 0 Å². The summed E-state index contributed by atoms with van der Waals surface area (Å²) < 4.78 is 5.76. The zero-order valence-electron chi connectivity index (χ0n) is 13.0. The van der Waals surface area contributed by atoms with E-state index in [2.05, 4.69) is 30.3 Å². The summed E-state index contributed by atoms with van der Waals surface area (Å²) >= 11 is 0. The Morgan fingerprint density at radius 2 is 1.65 bits per heavy atom. The van der Waals surface area contributed by atoms with E-state index in [1.807, 2.05) is 55.5 Å². The highest BCUT2D eigenvalue weighted by atomic mass is 16.5. The Balaban J connectivity index is 1.73. The van der Waals surface area contributed by atoms with Gasteiger partial charge in [0.05, 0.1) is 11.6 Å². The molecule has 2 heteroatoms. The molecule has 23 heavy (non-hydrogen) atoms. The molecule has 0 saturated heterocycles. The van der Waals surface area contributed by atoms with E-state index in [0.29, 0.717) is 12.2 Å². The van der Waals surface area contributed by atoms with Crippen molar-refractivity contribution in [3.05, 3.63) is 89.5 Å². The Morgan fingerprint density at radius 1 is 0.913 bits per heavy atom. The summed E-state index contributed by atoms with van der Waals surface area (Å²) in [6.45, 7) is 2.58. The highest BCUT2D eigenvalue weighted by Crippen LogP contribution is 2.25. The van der Waals surface area contributed by atoms with Gasteiger partial charge >= 0.3 is 0 Å². The van der Waals surface area contributed by atoms with Crippen LogP contribution in [0.25, 0.3) is 11.1 Å². The molecule has 0 saturated carbocycles. The van der Waals surface area contributed by atoms with E-state index in [0.717, 1.165) is 28.0 Å². The van der Waals surface area contributed by atoms with Crippen LogP contribution < -0.4 is 4.74 Å². The number of rotatable bonds is 4. The molecule has 0 heterocycles. The van der Waals surface area contributed by atoms with Gasteiger partial charge in [-0.25, -0.2) is 0 Å². The van der Waals surface area contributed by atoms with Gasteiger partial charge in [-0.15, -0.1) is 0 Å². The first-order valence-electron chi connectivity index (χ1n) is 7.54. The van der Waals surface area contributed by atoms with Crippen molar-refractivity contribution in [3.63, 3.8) is 0 Å². The molecular formula is C21H17NO. The lowest BCUT2D eigenvalue weighted by atomic mass is 9.98. The minimum absolute atomic E-state index is 0.552. The average molecular weight is 299 g/mol. The van der Waals surface area contributed by atoms with Crippen LogP contribution in [0.5, 0.6) is 5.75 Å². The van der Waals surface area contributed by atoms with Gasteiger partial charge < -0.3 is 4.74 Å². The van der Waals surface area contributed by atoms with Crippen LogP contribution in [0.2, 0.25) is 0 Å². The van der Waals surface area contributed by atoms with Crippen molar-refractivity contribution < 1.29 is 4.74 Å². The molecule has 0 N–H and O–H groups in total. The third-order valence-corrected chi connectivity index (χ3v) is 3.77. The summed E-state index contributed by atoms with van der Waals surface area (Å²) in [5.41, 5.74) is 5.23. The molecule has 112 valence electrons. The normalized spacial score (nSPS) is 10.1. The Labute approximate surface area is 136 Å².